The average Bonchev–Trinajstić information content (AvgIpc) is 2.94. The molecule has 1 spiro atoms. The largest absolute Gasteiger partial charge is 0.451 e. The van der Waals surface area contributed by atoms with Crippen LogP contribution >= 0.6 is 0 Å². The number of carbonyl (C=O) groups excluding carboxylic acids is 1. The van der Waals surface area contributed by atoms with Crippen LogP contribution in [0.3, 0.4) is 0 Å². The molecule has 1 aromatic carbocycles. The van der Waals surface area contributed by atoms with Gasteiger partial charge in [0.2, 0.25) is 0 Å². The van der Waals surface area contributed by atoms with E-state index < -0.39 is 0 Å². The van der Waals surface area contributed by atoms with E-state index in [0.717, 1.165) is 55.4 Å². The number of amides is 1. The Morgan fingerprint density at radius 1 is 1.42 bits per heavy atom. The van der Waals surface area contributed by atoms with E-state index in [1.165, 1.54) is 0 Å². The summed E-state index contributed by atoms with van der Waals surface area (Å²) < 4.78 is 5.85. The predicted octanol–water partition coefficient (Wildman–Crippen LogP) is 2.32. The lowest BCUT2D eigenvalue weighted by Gasteiger charge is -2.48. The minimum atomic E-state index is -0.342. The van der Waals surface area contributed by atoms with Crippen molar-refractivity contribution in [1.29, 1.82) is 0 Å². The van der Waals surface area contributed by atoms with Crippen molar-refractivity contribution < 1.29 is 14.3 Å². The first kappa shape index (κ1) is 15.7. The quantitative estimate of drug-likeness (QED) is 0.843. The van der Waals surface area contributed by atoms with Gasteiger partial charge in [0.25, 0.3) is 5.91 Å². The van der Waals surface area contributed by atoms with Gasteiger partial charge in [0.1, 0.15) is 5.58 Å². The van der Waals surface area contributed by atoms with Crippen LogP contribution < -0.4 is 5.32 Å². The van der Waals surface area contributed by atoms with Gasteiger partial charge in [0.05, 0.1) is 6.10 Å². The molecular weight excluding hydrogens is 304 g/mol. The van der Waals surface area contributed by atoms with Gasteiger partial charge in [-0.2, -0.15) is 0 Å². The van der Waals surface area contributed by atoms with E-state index in [9.17, 15) is 9.90 Å². The number of aliphatic hydroxyl groups excluding tert-OH is 1. The van der Waals surface area contributed by atoms with Crippen LogP contribution in [0.1, 0.15) is 35.4 Å². The van der Waals surface area contributed by atoms with Gasteiger partial charge in [0, 0.05) is 36.0 Å². The summed E-state index contributed by atoms with van der Waals surface area (Å²) in [6, 6.07) is 7.75. The van der Waals surface area contributed by atoms with Crippen LogP contribution in [0.25, 0.3) is 11.0 Å². The molecule has 2 N–H and O–H groups in total. The highest BCUT2D eigenvalue weighted by atomic mass is 16.3. The van der Waals surface area contributed by atoms with Crippen LogP contribution in [0, 0.1) is 12.3 Å². The zero-order valence-corrected chi connectivity index (χ0v) is 14.0. The van der Waals surface area contributed by atoms with Gasteiger partial charge >= 0.3 is 0 Å². The normalized spacial score (nSPS) is 27.8. The topological polar surface area (TPSA) is 65.7 Å². The standard InChI is InChI=1S/C19H24N2O3/c1-13-14-5-2-3-6-15(14)24-17(13)18(23)21-10-4-8-19(12-21)11-20-9-7-16(19)22/h2-3,5-6,16,20,22H,4,7-12H2,1H3/t16-,19-/m0/s1. The number of carbonyl (C=O) groups is 1. The van der Waals surface area contributed by atoms with Gasteiger partial charge in [-0.25, -0.2) is 0 Å². The van der Waals surface area contributed by atoms with E-state index in [0.29, 0.717) is 12.3 Å². The summed E-state index contributed by atoms with van der Waals surface area (Å²) in [6.07, 6.45) is 2.30. The highest BCUT2D eigenvalue weighted by Crippen LogP contribution is 2.37. The number of hydrogen-bond acceptors (Lipinski definition) is 4. The van der Waals surface area contributed by atoms with Crippen molar-refractivity contribution in [2.24, 2.45) is 5.41 Å². The van der Waals surface area contributed by atoms with Gasteiger partial charge < -0.3 is 19.7 Å². The van der Waals surface area contributed by atoms with E-state index in [-0.39, 0.29) is 17.4 Å². The van der Waals surface area contributed by atoms with Crippen molar-refractivity contribution in [3.63, 3.8) is 0 Å². The Morgan fingerprint density at radius 3 is 3.04 bits per heavy atom. The van der Waals surface area contributed by atoms with Crippen LogP contribution in [-0.4, -0.2) is 48.2 Å². The number of rotatable bonds is 1. The van der Waals surface area contributed by atoms with Crippen molar-refractivity contribution in [3.8, 4) is 0 Å². The van der Waals surface area contributed by atoms with Crippen LogP contribution in [0.2, 0.25) is 0 Å². The van der Waals surface area contributed by atoms with E-state index >= 15 is 0 Å². The molecule has 24 heavy (non-hydrogen) atoms. The monoisotopic (exact) mass is 328 g/mol. The molecular formula is C19H24N2O3. The van der Waals surface area contributed by atoms with Crippen molar-refractivity contribution >= 4 is 16.9 Å². The Bertz CT molecular complexity index is 765. The Hall–Kier alpha value is -1.85. The molecule has 2 aromatic rings. The molecule has 4 rings (SSSR count). The number of aliphatic hydroxyl groups is 1. The highest BCUT2D eigenvalue weighted by molar-refractivity contribution is 5.99. The fourth-order valence-corrected chi connectivity index (χ4v) is 4.27. The molecule has 0 saturated carbocycles. The number of benzene rings is 1. The molecule has 2 aliphatic heterocycles. The number of piperidine rings is 2. The number of nitrogens with one attached hydrogen (secondary N) is 1. The molecule has 1 aromatic heterocycles. The third-order valence-corrected chi connectivity index (χ3v) is 5.71. The van der Waals surface area contributed by atoms with E-state index in [4.69, 9.17) is 4.42 Å². The summed E-state index contributed by atoms with van der Waals surface area (Å²) in [4.78, 5) is 14.9. The SMILES string of the molecule is Cc1c(C(=O)N2CCC[C@]3(CNCC[C@@H]3O)C2)oc2ccccc12. The highest BCUT2D eigenvalue weighted by Gasteiger charge is 2.44. The first-order valence-electron chi connectivity index (χ1n) is 8.77. The zero-order chi connectivity index (χ0) is 16.7. The number of para-hydroxylation sites is 1. The summed E-state index contributed by atoms with van der Waals surface area (Å²) in [5.74, 6) is 0.382. The van der Waals surface area contributed by atoms with Crippen molar-refractivity contribution in [3.05, 3.63) is 35.6 Å². The molecule has 3 heterocycles. The predicted molar refractivity (Wildman–Crippen MR) is 92.0 cm³/mol. The second-order valence-corrected chi connectivity index (χ2v) is 7.23. The second kappa shape index (κ2) is 5.90. The lowest BCUT2D eigenvalue weighted by atomic mass is 9.72. The summed E-state index contributed by atoms with van der Waals surface area (Å²) in [5.41, 5.74) is 1.44. The van der Waals surface area contributed by atoms with Crippen molar-refractivity contribution in [1.82, 2.24) is 10.2 Å². The molecule has 0 radical (unpaired) electrons. The fourth-order valence-electron chi connectivity index (χ4n) is 4.27. The van der Waals surface area contributed by atoms with E-state index in [1.54, 1.807) is 0 Å². The second-order valence-electron chi connectivity index (χ2n) is 7.23. The zero-order valence-electron chi connectivity index (χ0n) is 14.0. The van der Waals surface area contributed by atoms with Gasteiger partial charge in [-0.1, -0.05) is 18.2 Å². The maximum atomic E-state index is 13.1. The Morgan fingerprint density at radius 2 is 2.25 bits per heavy atom. The number of likely N-dealkylation sites (tertiary alicyclic amines) is 1. The Balaban J connectivity index is 1.62. The lowest BCUT2D eigenvalue weighted by molar-refractivity contribution is -0.0438. The molecule has 2 atom stereocenters. The van der Waals surface area contributed by atoms with Crippen LogP contribution in [0.5, 0.6) is 0 Å². The number of hydrogen-bond donors (Lipinski definition) is 2. The van der Waals surface area contributed by atoms with Gasteiger partial charge in [0.15, 0.2) is 5.76 Å². The Kier molecular flexibility index (Phi) is 3.85. The first-order valence-corrected chi connectivity index (χ1v) is 8.77. The number of furan rings is 1. The molecule has 5 nitrogen and oxygen atoms in total. The molecule has 0 bridgehead atoms. The molecule has 1 amide bonds. The van der Waals surface area contributed by atoms with Gasteiger partial charge in [-0.3, -0.25) is 4.79 Å². The summed E-state index contributed by atoms with van der Waals surface area (Å²) >= 11 is 0. The van der Waals surface area contributed by atoms with Crippen molar-refractivity contribution in [2.75, 3.05) is 26.2 Å². The number of aryl methyl sites for hydroxylation is 1. The minimum Gasteiger partial charge on any atom is -0.451 e. The molecule has 2 saturated heterocycles. The van der Waals surface area contributed by atoms with Crippen LogP contribution in [0.4, 0.5) is 0 Å². The number of nitrogens with zero attached hydrogens (tertiary/aromatic N) is 1. The third-order valence-electron chi connectivity index (χ3n) is 5.71. The molecule has 2 fully saturated rings. The molecule has 0 unspecified atom stereocenters. The molecule has 128 valence electrons. The summed E-state index contributed by atoms with van der Waals surface area (Å²) in [6.45, 7) is 4.88. The average molecular weight is 328 g/mol. The Labute approximate surface area is 141 Å². The fraction of sp³-hybridized carbons (Fsp3) is 0.526. The van der Waals surface area contributed by atoms with Crippen molar-refractivity contribution in [2.45, 2.75) is 32.3 Å². The third kappa shape index (κ3) is 2.43. The maximum absolute atomic E-state index is 13.1. The van der Waals surface area contributed by atoms with Crippen LogP contribution in [-0.2, 0) is 0 Å². The molecule has 2 aliphatic rings. The van der Waals surface area contributed by atoms with E-state index in [2.05, 4.69) is 5.32 Å². The summed E-state index contributed by atoms with van der Waals surface area (Å²) in [5, 5.41) is 14.9. The van der Waals surface area contributed by atoms with Gasteiger partial charge in [-0.15, -0.1) is 0 Å². The smallest absolute Gasteiger partial charge is 0.289 e. The summed E-state index contributed by atoms with van der Waals surface area (Å²) in [7, 11) is 0. The first-order chi connectivity index (χ1) is 11.6. The van der Waals surface area contributed by atoms with E-state index in [1.807, 2.05) is 36.1 Å². The molecule has 0 aliphatic carbocycles. The lowest BCUT2D eigenvalue weighted by Crippen LogP contribution is -2.58. The number of fused-ring (bicyclic) bond motifs is 1. The van der Waals surface area contributed by atoms with Crippen LogP contribution in [0.15, 0.2) is 28.7 Å². The maximum Gasteiger partial charge on any atom is 0.289 e. The van der Waals surface area contributed by atoms with Gasteiger partial charge in [-0.05, 0) is 38.8 Å². The minimum absolute atomic E-state index is 0.0550. The molecule has 5 heteroatoms.